The number of nitrogens with zero attached hydrogens (tertiary/aromatic N) is 1. The number of carbonyl (C=O) groups excluding carboxylic acids is 1. The van der Waals surface area contributed by atoms with Gasteiger partial charge in [0, 0.05) is 11.6 Å². The van der Waals surface area contributed by atoms with Crippen LogP contribution in [-0.4, -0.2) is 30.0 Å². The van der Waals surface area contributed by atoms with E-state index in [4.69, 9.17) is 16.3 Å². The lowest BCUT2D eigenvalue weighted by Crippen LogP contribution is -2.28. The van der Waals surface area contributed by atoms with Gasteiger partial charge in [0.25, 0.3) is 0 Å². The molecule has 4 nitrogen and oxygen atoms in total. The van der Waals surface area contributed by atoms with E-state index in [1.165, 1.54) is 6.42 Å². The molecule has 0 radical (unpaired) electrons. The Kier molecular flexibility index (Phi) is 4.87. The molecule has 0 spiro atoms. The highest BCUT2D eigenvalue weighted by molar-refractivity contribution is 6.34. The number of carbonyl (C=O) groups is 1. The molecule has 1 aromatic heterocycles. The van der Waals surface area contributed by atoms with E-state index in [-0.39, 0.29) is 10.9 Å². The van der Waals surface area contributed by atoms with Crippen LogP contribution in [0.25, 0.3) is 10.8 Å². The number of hydrogen-bond donors (Lipinski definition) is 1. The van der Waals surface area contributed by atoms with Crippen LogP contribution >= 0.6 is 11.6 Å². The van der Waals surface area contributed by atoms with Crippen molar-refractivity contribution < 1.29 is 9.53 Å². The third-order valence-electron chi connectivity index (χ3n) is 4.68. The molecule has 132 valence electrons. The van der Waals surface area contributed by atoms with Crippen LogP contribution in [0.15, 0.2) is 54.7 Å². The number of fused-ring (bicyclic) bond motifs is 1. The van der Waals surface area contributed by atoms with Gasteiger partial charge in [-0.3, -0.25) is 4.79 Å². The second-order valence-electron chi connectivity index (χ2n) is 6.50. The van der Waals surface area contributed by atoms with Gasteiger partial charge in [-0.1, -0.05) is 48.0 Å². The monoisotopic (exact) mass is 366 g/mol. The van der Waals surface area contributed by atoms with Crippen molar-refractivity contribution in [3.63, 3.8) is 0 Å². The Morgan fingerprint density at radius 1 is 1.19 bits per heavy atom. The van der Waals surface area contributed by atoms with Crippen molar-refractivity contribution in [2.45, 2.75) is 18.9 Å². The molecule has 1 aliphatic heterocycles. The fraction of sp³-hybridized carbons (Fsp3) is 0.238. The Morgan fingerprint density at radius 3 is 2.85 bits per heavy atom. The van der Waals surface area contributed by atoms with Crippen LogP contribution in [0.2, 0.25) is 5.15 Å². The van der Waals surface area contributed by atoms with Gasteiger partial charge in [0.15, 0.2) is 5.78 Å². The smallest absolute Gasteiger partial charge is 0.196 e. The Bertz CT molecular complexity index is 952. The van der Waals surface area contributed by atoms with Gasteiger partial charge in [0.2, 0.25) is 0 Å². The molecule has 3 aromatic rings. The van der Waals surface area contributed by atoms with Crippen LogP contribution in [0.5, 0.6) is 5.75 Å². The molecule has 2 aromatic carbocycles. The Balaban J connectivity index is 1.58. The normalized spacial score (nSPS) is 16.7. The summed E-state index contributed by atoms with van der Waals surface area (Å²) in [5.41, 5.74) is 0.945. The zero-order valence-corrected chi connectivity index (χ0v) is 15.0. The highest BCUT2D eigenvalue weighted by Crippen LogP contribution is 2.24. The molecule has 0 saturated carbocycles. The van der Waals surface area contributed by atoms with E-state index in [1.54, 1.807) is 12.3 Å². The molecule has 1 atom stereocenters. The van der Waals surface area contributed by atoms with Crippen molar-refractivity contribution in [2.24, 2.45) is 0 Å². The maximum absolute atomic E-state index is 12.9. The molecule has 26 heavy (non-hydrogen) atoms. The molecule has 1 unspecified atom stereocenters. The third-order valence-corrected chi connectivity index (χ3v) is 4.99. The molecule has 0 aliphatic carbocycles. The van der Waals surface area contributed by atoms with Crippen molar-refractivity contribution in [2.75, 3.05) is 13.2 Å². The Morgan fingerprint density at radius 2 is 2.04 bits per heavy atom. The summed E-state index contributed by atoms with van der Waals surface area (Å²) in [6.45, 7) is 1.59. The quantitative estimate of drug-likeness (QED) is 0.541. The summed E-state index contributed by atoms with van der Waals surface area (Å²) in [4.78, 5) is 17.1. The molecule has 1 saturated heterocycles. The predicted molar refractivity (Wildman–Crippen MR) is 103 cm³/mol. The number of rotatable bonds is 5. The number of benzene rings is 2. The average Bonchev–Trinajstić information content (AvgIpc) is 3.20. The number of ketones is 1. The van der Waals surface area contributed by atoms with Crippen LogP contribution in [0, 0.1) is 0 Å². The first-order valence-electron chi connectivity index (χ1n) is 8.76. The third kappa shape index (κ3) is 3.57. The van der Waals surface area contributed by atoms with E-state index in [9.17, 15) is 4.79 Å². The summed E-state index contributed by atoms with van der Waals surface area (Å²) >= 11 is 6.19. The van der Waals surface area contributed by atoms with E-state index in [1.807, 2.05) is 42.5 Å². The summed E-state index contributed by atoms with van der Waals surface area (Å²) in [5.74, 6) is 0.407. The van der Waals surface area contributed by atoms with Crippen LogP contribution in [0.1, 0.15) is 28.8 Å². The largest absolute Gasteiger partial charge is 0.490 e. The van der Waals surface area contributed by atoms with E-state index >= 15 is 0 Å². The minimum Gasteiger partial charge on any atom is -0.490 e. The van der Waals surface area contributed by atoms with Crippen LogP contribution < -0.4 is 10.1 Å². The summed E-state index contributed by atoms with van der Waals surface area (Å²) in [7, 11) is 0. The summed E-state index contributed by atoms with van der Waals surface area (Å²) in [6, 6.07) is 15.6. The lowest BCUT2D eigenvalue weighted by molar-refractivity contribution is 0.103. The van der Waals surface area contributed by atoms with Gasteiger partial charge in [-0.05, 0) is 42.3 Å². The lowest BCUT2D eigenvalue weighted by atomic mass is 10.0. The SMILES string of the molecule is O=C(c1ccc2ccccc2c1)c1cc(OCC2CCCN2)cnc1Cl. The maximum atomic E-state index is 12.9. The minimum absolute atomic E-state index is 0.155. The van der Waals surface area contributed by atoms with Crippen LogP contribution in [0.3, 0.4) is 0 Å². The summed E-state index contributed by atoms with van der Waals surface area (Å²) in [5, 5.41) is 5.68. The first-order valence-corrected chi connectivity index (χ1v) is 9.14. The number of aromatic nitrogens is 1. The molecule has 4 rings (SSSR count). The van der Waals surface area contributed by atoms with Crippen molar-refractivity contribution in [1.29, 1.82) is 0 Å². The van der Waals surface area contributed by atoms with Crippen molar-refractivity contribution >= 4 is 28.2 Å². The zero-order valence-electron chi connectivity index (χ0n) is 14.2. The Hall–Kier alpha value is -2.43. The summed E-state index contributed by atoms with van der Waals surface area (Å²) in [6.07, 6.45) is 3.83. The predicted octanol–water partition coefficient (Wildman–Crippen LogP) is 4.25. The molecule has 1 aliphatic rings. The highest BCUT2D eigenvalue weighted by atomic mass is 35.5. The van der Waals surface area contributed by atoms with Gasteiger partial charge < -0.3 is 10.1 Å². The van der Waals surface area contributed by atoms with Crippen molar-refractivity contribution in [1.82, 2.24) is 10.3 Å². The fourth-order valence-electron chi connectivity index (χ4n) is 3.25. The molecule has 0 amide bonds. The van der Waals surface area contributed by atoms with Crippen LogP contribution in [-0.2, 0) is 0 Å². The van der Waals surface area contributed by atoms with Gasteiger partial charge in [0.05, 0.1) is 11.8 Å². The number of halogens is 1. The van der Waals surface area contributed by atoms with Gasteiger partial charge in [-0.15, -0.1) is 0 Å². The zero-order chi connectivity index (χ0) is 17.9. The number of pyridine rings is 1. The first kappa shape index (κ1) is 17.0. The minimum atomic E-state index is -0.155. The van der Waals surface area contributed by atoms with Gasteiger partial charge in [-0.2, -0.15) is 0 Å². The van der Waals surface area contributed by atoms with Gasteiger partial charge in [0.1, 0.15) is 17.5 Å². The molecule has 1 fully saturated rings. The second-order valence-corrected chi connectivity index (χ2v) is 6.86. The van der Waals surface area contributed by atoms with Crippen molar-refractivity contribution in [3.05, 3.63) is 71.0 Å². The van der Waals surface area contributed by atoms with E-state index in [0.29, 0.717) is 29.5 Å². The van der Waals surface area contributed by atoms with Crippen LogP contribution in [0.4, 0.5) is 0 Å². The number of nitrogens with one attached hydrogen (secondary N) is 1. The molecule has 1 N–H and O–H groups in total. The molecular weight excluding hydrogens is 348 g/mol. The van der Waals surface area contributed by atoms with E-state index < -0.39 is 0 Å². The number of hydrogen-bond acceptors (Lipinski definition) is 4. The first-order chi connectivity index (χ1) is 12.7. The average molecular weight is 367 g/mol. The topological polar surface area (TPSA) is 51.2 Å². The summed E-state index contributed by atoms with van der Waals surface area (Å²) < 4.78 is 5.81. The number of ether oxygens (including phenoxy) is 1. The Labute approximate surface area is 157 Å². The highest BCUT2D eigenvalue weighted by Gasteiger charge is 2.18. The van der Waals surface area contributed by atoms with E-state index in [0.717, 1.165) is 23.7 Å². The second kappa shape index (κ2) is 7.44. The van der Waals surface area contributed by atoms with Crippen molar-refractivity contribution in [3.8, 4) is 5.75 Å². The molecule has 2 heterocycles. The van der Waals surface area contributed by atoms with E-state index in [2.05, 4.69) is 10.3 Å². The maximum Gasteiger partial charge on any atom is 0.196 e. The lowest BCUT2D eigenvalue weighted by Gasteiger charge is -2.13. The van der Waals surface area contributed by atoms with Gasteiger partial charge in [-0.25, -0.2) is 4.98 Å². The molecule has 0 bridgehead atoms. The molecular formula is C21H19ClN2O2. The van der Waals surface area contributed by atoms with Gasteiger partial charge >= 0.3 is 0 Å². The fourth-order valence-corrected chi connectivity index (χ4v) is 3.44. The molecule has 5 heteroatoms. The standard InChI is InChI=1S/C21H19ClN2O2/c22-21-19(11-18(12-24-21)26-13-17-6-3-9-23-17)20(25)16-8-7-14-4-1-2-5-15(14)10-16/h1-2,4-5,7-8,10-12,17,23H,3,6,9,13H2.